The first-order chi connectivity index (χ1) is 9.02. The molecule has 0 radical (unpaired) electrons. The number of alkyl halides is 3. The minimum absolute atomic E-state index is 0.296. The number of nitrogens with zero attached hydrogens (tertiary/aromatic N) is 3. The summed E-state index contributed by atoms with van der Waals surface area (Å²) in [6.07, 6.45) is -4.40. The molecule has 19 heavy (non-hydrogen) atoms. The molecule has 2 aromatic rings. The van der Waals surface area contributed by atoms with Crippen LogP contribution < -0.4 is 0 Å². The fourth-order valence-electron chi connectivity index (χ4n) is 1.72. The van der Waals surface area contributed by atoms with Crippen molar-refractivity contribution >= 4 is 5.69 Å². The van der Waals surface area contributed by atoms with Gasteiger partial charge in [-0.25, -0.2) is 0 Å². The molecule has 0 bridgehead atoms. The fourth-order valence-corrected chi connectivity index (χ4v) is 1.72. The Morgan fingerprint density at radius 3 is 2.42 bits per heavy atom. The molecule has 3 nitrogen and oxygen atoms in total. The van der Waals surface area contributed by atoms with E-state index in [-0.39, 0.29) is 0 Å². The Labute approximate surface area is 106 Å². The summed E-state index contributed by atoms with van der Waals surface area (Å²) in [5.74, 6) is 0. The summed E-state index contributed by atoms with van der Waals surface area (Å²) in [6.45, 7) is 0. The zero-order valence-corrected chi connectivity index (χ0v) is 9.59. The molecule has 2 rings (SSSR count). The lowest BCUT2D eigenvalue weighted by molar-refractivity contribution is -0.137. The minimum Gasteiger partial charge on any atom is -0.166 e. The average molecular weight is 263 g/mol. The van der Waals surface area contributed by atoms with Crippen molar-refractivity contribution in [3.63, 3.8) is 0 Å². The molecule has 0 amide bonds. The summed E-state index contributed by atoms with van der Waals surface area (Å²) in [6, 6.07) is 11.4. The Morgan fingerprint density at radius 1 is 1.00 bits per heavy atom. The van der Waals surface area contributed by atoms with Crippen molar-refractivity contribution in [1.82, 2.24) is 0 Å². The number of rotatable bonds is 2. The Morgan fingerprint density at radius 2 is 1.74 bits per heavy atom. The van der Waals surface area contributed by atoms with Crippen LogP contribution in [-0.2, 0) is 6.18 Å². The van der Waals surface area contributed by atoms with E-state index in [2.05, 4.69) is 10.0 Å². The van der Waals surface area contributed by atoms with Gasteiger partial charge in [0, 0.05) is 10.6 Å². The maximum atomic E-state index is 12.7. The van der Waals surface area contributed by atoms with Gasteiger partial charge < -0.3 is 0 Å². The lowest BCUT2D eigenvalue weighted by Gasteiger charge is -2.10. The summed E-state index contributed by atoms with van der Waals surface area (Å²) in [5.41, 5.74) is 8.84. The highest BCUT2D eigenvalue weighted by Crippen LogP contribution is 2.35. The van der Waals surface area contributed by atoms with Crippen molar-refractivity contribution in [3.8, 4) is 11.1 Å². The summed E-state index contributed by atoms with van der Waals surface area (Å²) in [5, 5.41) is 3.47. The van der Waals surface area contributed by atoms with Crippen LogP contribution in [-0.4, -0.2) is 0 Å². The number of azide groups is 1. The summed E-state index contributed by atoms with van der Waals surface area (Å²) >= 11 is 0. The third-order valence-corrected chi connectivity index (χ3v) is 2.56. The molecule has 0 aromatic heterocycles. The van der Waals surface area contributed by atoms with Gasteiger partial charge in [-0.2, -0.15) is 13.2 Å². The van der Waals surface area contributed by atoms with E-state index in [0.717, 1.165) is 12.1 Å². The summed E-state index contributed by atoms with van der Waals surface area (Å²) < 4.78 is 38.0. The van der Waals surface area contributed by atoms with Gasteiger partial charge in [-0.15, -0.1) is 0 Å². The van der Waals surface area contributed by atoms with Gasteiger partial charge >= 0.3 is 6.18 Å². The minimum atomic E-state index is -4.40. The lowest BCUT2D eigenvalue weighted by atomic mass is 10.0. The molecule has 0 unspecified atom stereocenters. The van der Waals surface area contributed by atoms with Crippen LogP contribution in [0.5, 0.6) is 0 Å². The molecule has 6 heteroatoms. The maximum Gasteiger partial charge on any atom is 0.416 e. The second-order valence-electron chi connectivity index (χ2n) is 3.79. The van der Waals surface area contributed by atoms with Crippen LogP contribution in [0.3, 0.4) is 0 Å². The number of hydrogen-bond acceptors (Lipinski definition) is 1. The summed E-state index contributed by atoms with van der Waals surface area (Å²) in [7, 11) is 0. The fraction of sp³-hybridized carbons (Fsp3) is 0.0769. The third kappa shape index (κ3) is 2.86. The van der Waals surface area contributed by atoms with Gasteiger partial charge in [0.1, 0.15) is 0 Å². The molecular weight excluding hydrogens is 255 g/mol. The molecule has 0 saturated heterocycles. The molecule has 0 spiro atoms. The van der Waals surface area contributed by atoms with E-state index in [1.54, 1.807) is 30.3 Å². The second kappa shape index (κ2) is 5.04. The molecule has 96 valence electrons. The highest BCUT2D eigenvalue weighted by atomic mass is 19.4. The largest absolute Gasteiger partial charge is 0.416 e. The van der Waals surface area contributed by atoms with Gasteiger partial charge in [-0.05, 0) is 28.8 Å². The first kappa shape index (κ1) is 13.0. The van der Waals surface area contributed by atoms with Crippen molar-refractivity contribution < 1.29 is 13.2 Å². The van der Waals surface area contributed by atoms with Gasteiger partial charge in [0.2, 0.25) is 0 Å². The molecule has 0 aliphatic carbocycles. The molecular formula is C13H8F3N3. The molecule has 0 atom stereocenters. The molecule has 0 saturated carbocycles. The highest BCUT2D eigenvalue weighted by Gasteiger charge is 2.30. The van der Waals surface area contributed by atoms with Gasteiger partial charge in [0.05, 0.1) is 5.56 Å². The zero-order chi connectivity index (χ0) is 13.9. The number of hydrogen-bond donors (Lipinski definition) is 0. The van der Waals surface area contributed by atoms with Crippen LogP contribution in [0.2, 0.25) is 0 Å². The Bertz CT molecular complexity index is 644. The van der Waals surface area contributed by atoms with Gasteiger partial charge in [0.25, 0.3) is 0 Å². The molecule has 2 aromatic carbocycles. The van der Waals surface area contributed by atoms with Crippen LogP contribution in [0, 0.1) is 0 Å². The topological polar surface area (TPSA) is 48.8 Å². The Balaban J connectivity index is 2.57. The molecule has 0 aliphatic rings. The standard InChI is InChI=1S/C13H8F3N3/c14-13(15,16)10-5-3-4-9(8-10)11-6-1-2-7-12(11)18-19-17/h1-8H. The van der Waals surface area contributed by atoms with Crippen molar-refractivity contribution in [2.75, 3.05) is 0 Å². The Hall–Kier alpha value is -2.46. The SMILES string of the molecule is [N-]=[N+]=Nc1ccccc1-c1cccc(C(F)(F)F)c1. The number of halogens is 3. The average Bonchev–Trinajstić information content (AvgIpc) is 2.39. The van der Waals surface area contributed by atoms with Crippen molar-refractivity contribution in [3.05, 3.63) is 64.5 Å². The molecule has 0 N–H and O–H groups in total. The second-order valence-corrected chi connectivity index (χ2v) is 3.79. The van der Waals surface area contributed by atoms with Crippen molar-refractivity contribution in [2.24, 2.45) is 5.11 Å². The van der Waals surface area contributed by atoms with E-state index in [4.69, 9.17) is 5.53 Å². The summed E-state index contributed by atoms with van der Waals surface area (Å²) in [4.78, 5) is 2.67. The van der Waals surface area contributed by atoms with Gasteiger partial charge in [0.15, 0.2) is 0 Å². The third-order valence-electron chi connectivity index (χ3n) is 2.56. The van der Waals surface area contributed by atoms with Crippen LogP contribution in [0.15, 0.2) is 53.6 Å². The van der Waals surface area contributed by atoms with E-state index in [0.29, 0.717) is 16.8 Å². The predicted octanol–water partition coefficient (Wildman–Crippen LogP) is 5.31. The van der Waals surface area contributed by atoms with Gasteiger partial charge in [-0.1, -0.05) is 41.5 Å². The van der Waals surface area contributed by atoms with Gasteiger partial charge in [-0.3, -0.25) is 0 Å². The van der Waals surface area contributed by atoms with Crippen LogP contribution in [0.4, 0.5) is 18.9 Å². The van der Waals surface area contributed by atoms with Crippen LogP contribution in [0.25, 0.3) is 21.6 Å². The number of benzene rings is 2. The Kier molecular flexibility index (Phi) is 3.44. The monoisotopic (exact) mass is 263 g/mol. The van der Waals surface area contributed by atoms with E-state index < -0.39 is 11.7 Å². The van der Waals surface area contributed by atoms with E-state index in [9.17, 15) is 13.2 Å². The highest BCUT2D eigenvalue weighted by molar-refractivity contribution is 5.76. The zero-order valence-electron chi connectivity index (χ0n) is 9.59. The maximum absolute atomic E-state index is 12.7. The van der Waals surface area contributed by atoms with E-state index in [1.165, 1.54) is 6.07 Å². The normalized spacial score (nSPS) is 10.9. The lowest BCUT2D eigenvalue weighted by Crippen LogP contribution is -2.04. The van der Waals surface area contributed by atoms with Crippen LogP contribution >= 0.6 is 0 Å². The molecule has 0 heterocycles. The first-order valence-electron chi connectivity index (χ1n) is 5.34. The van der Waals surface area contributed by atoms with Crippen molar-refractivity contribution in [1.29, 1.82) is 0 Å². The first-order valence-corrected chi connectivity index (χ1v) is 5.34. The molecule has 0 fully saturated rings. The quantitative estimate of drug-likeness (QED) is 0.400. The van der Waals surface area contributed by atoms with Crippen LogP contribution in [0.1, 0.15) is 5.56 Å². The molecule has 0 aliphatic heterocycles. The smallest absolute Gasteiger partial charge is 0.166 e. The van der Waals surface area contributed by atoms with E-state index in [1.807, 2.05) is 0 Å². The van der Waals surface area contributed by atoms with Crippen molar-refractivity contribution in [2.45, 2.75) is 6.18 Å². The predicted molar refractivity (Wildman–Crippen MR) is 65.7 cm³/mol. The van der Waals surface area contributed by atoms with E-state index >= 15 is 0 Å².